The van der Waals surface area contributed by atoms with Gasteiger partial charge < -0.3 is 10.2 Å². The zero-order chi connectivity index (χ0) is 26.5. The molecule has 9 heteroatoms. The van der Waals surface area contributed by atoms with Crippen LogP contribution in [-0.4, -0.2) is 44.8 Å². The number of aryl methyl sites for hydroxylation is 2. The van der Waals surface area contributed by atoms with Crippen molar-refractivity contribution >= 4 is 39.1 Å². The van der Waals surface area contributed by atoms with Gasteiger partial charge in [0.2, 0.25) is 11.8 Å². The van der Waals surface area contributed by atoms with Crippen molar-refractivity contribution in [3.63, 3.8) is 0 Å². The zero-order valence-corrected chi connectivity index (χ0v) is 22.3. The molecule has 1 unspecified atom stereocenters. The Hall–Kier alpha value is -3.36. The summed E-state index contributed by atoms with van der Waals surface area (Å²) >= 11 is 6.12. The minimum atomic E-state index is -4.11. The van der Waals surface area contributed by atoms with Crippen LogP contribution >= 0.6 is 11.6 Å². The molecule has 0 aliphatic carbocycles. The number of halogens is 1. The first kappa shape index (κ1) is 27.2. The number of nitrogens with zero attached hydrogens (tertiary/aromatic N) is 2. The van der Waals surface area contributed by atoms with E-state index in [-0.39, 0.29) is 17.3 Å². The van der Waals surface area contributed by atoms with E-state index in [0.717, 1.165) is 15.4 Å². The maximum atomic E-state index is 13.7. The van der Waals surface area contributed by atoms with Gasteiger partial charge in [-0.2, -0.15) is 0 Å². The number of likely N-dealkylation sites (N-methyl/N-ethyl adjacent to an activating group) is 1. The van der Waals surface area contributed by atoms with Crippen LogP contribution in [0.2, 0.25) is 5.02 Å². The third kappa shape index (κ3) is 6.25. The van der Waals surface area contributed by atoms with E-state index in [1.807, 2.05) is 31.2 Å². The van der Waals surface area contributed by atoms with Crippen LogP contribution in [0.25, 0.3) is 0 Å². The average molecular weight is 528 g/mol. The Labute approximate surface area is 217 Å². The molecule has 0 spiro atoms. The van der Waals surface area contributed by atoms with Gasteiger partial charge in [0.25, 0.3) is 10.0 Å². The minimum absolute atomic E-state index is 0.0525. The molecule has 0 bridgehead atoms. The summed E-state index contributed by atoms with van der Waals surface area (Å²) in [5, 5.41) is 3.03. The van der Waals surface area contributed by atoms with Gasteiger partial charge in [-0.25, -0.2) is 8.42 Å². The predicted octanol–water partition coefficient (Wildman–Crippen LogP) is 4.32. The number of carbonyl (C=O) groups excluding carboxylic acids is 2. The van der Waals surface area contributed by atoms with Gasteiger partial charge in [-0.3, -0.25) is 13.9 Å². The highest BCUT2D eigenvalue weighted by Gasteiger charge is 2.32. The number of benzene rings is 3. The van der Waals surface area contributed by atoms with Gasteiger partial charge in [0.1, 0.15) is 12.6 Å². The molecule has 0 aromatic heterocycles. The lowest BCUT2D eigenvalue weighted by Gasteiger charge is -2.32. The molecule has 7 nitrogen and oxygen atoms in total. The van der Waals surface area contributed by atoms with Gasteiger partial charge in [0.15, 0.2) is 0 Å². The van der Waals surface area contributed by atoms with Crippen LogP contribution in [0.15, 0.2) is 77.7 Å². The maximum Gasteiger partial charge on any atom is 0.264 e. The summed E-state index contributed by atoms with van der Waals surface area (Å²) in [5.74, 6) is -0.863. The highest BCUT2D eigenvalue weighted by atomic mass is 35.5. The molecule has 0 saturated carbocycles. The SMILES string of the molecule is CNC(=O)C(C)N(Cc1cccc(C)c1)C(=O)CN(c1ccc(Cl)cc1C)S(=O)(=O)c1ccccc1. The second-order valence-corrected chi connectivity index (χ2v) is 10.9. The van der Waals surface area contributed by atoms with E-state index in [4.69, 9.17) is 11.6 Å². The van der Waals surface area contributed by atoms with E-state index in [2.05, 4.69) is 5.32 Å². The number of amides is 2. The third-order valence-electron chi connectivity index (χ3n) is 5.89. The van der Waals surface area contributed by atoms with E-state index in [1.54, 1.807) is 50.2 Å². The summed E-state index contributed by atoms with van der Waals surface area (Å²) < 4.78 is 28.5. The summed E-state index contributed by atoms with van der Waals surface area (Å²) in [6.07, 6.45) is 0. The topological polar surface area (TPSA) is 86.8 Å². The van der Waals surface area contributed by atoms with Gasteiger partial charge in [0.05, 0.1) is 10.6 Å². The van der Waals surface area contributed by atoms with Crippen LogP contribution in [0, 0.1) is 13.8 Å². The van der Waals surface area contributed by atoms with Gasteiger partial charge in [0, 0.05) is 18.6 Å². The lowest BCUT2D eigenvalue weighted by molar-refractivity contribution is -0.139. The van der Waals surface area contributed by atoms with Crippen molar-refractivity contribution in [2.45, 2.75) is 38.3 Å². The monoisotopic (exact) mass is 527 g/mol. The standard InChI is InChI=1S/C27H30ClN3O4S/c1-19-9-8-10-22(15-19)17-30(21(3)27(33)29-4)26(32)18-31(25-14-13-23(28)16-20(25)2)36(34,35)24-11-6-5-7-12-24/h5-16,21H,17-18H2,1-4H3,(H,29,33). The maximum absolute atomic E-state index is 13.7. The van der Waals surface area contributed by atoms with Gasteiger partial charge in [-0.05, 0) is 62.2 Å². The fourth-order valence-electron chi connectivity index (χ4n) is 3.93. The number of carbonyl (C=O) groups is 2. The Balaban J connectivity index is 2.06. The molecule has 3 aromatic rings. The van der Waals surface area contributed by atoms with Gasteiger partial charge in [-0.1, -0.05) is 59.6 Å². The van der Waals surface area contributed by atoms with Gasteiger partial charge >= 0.3 is 0 Å². The molecule has 0 radical (unpaired) electrons. The van der Waals surface area contributed by atoms with Crippen LogP contribution in [0.3, 0.4) is 0 Å². The first-order valence-corrected chi connectivity index (χ1v) is 13.3. The lowest BCUT2D eigenvalue weighted by Crippen LogP contribution is -2.50. The molecule has 3 rings (SSSR count). The van der Waals surface area contributed by atoms with Crippen LogP contribution in [0.5, 0.6) is 0 Å². The smallest absolute Gasteiger partial charge is 0.264 e. The molecule has 1 N–H and O–H groups in total. The Morgan fingerprint density at radius 2 is 1.67 bits per heavy atom. The molecule has 0 aliphatic rings. The number of rotatable bonds is 9. The molecule has 0 heterocycles. The summed E-state index contributed by atoms with van der Waals surface area (Å²) in [7, 11) is -2.61. The zero-order valence-electron chi connectivity index (χ0n) is 20.7. The Bertz CT molecular complexity index is 1350. The molecule has 1 atom stereocenters. The quantitative estimate of drug-likeness (QED) is 0.449. The van der Waals surface area contributed by atoms with Crippen molar-refractivity contribution in [1.82, 2.24) is 10.2 Å². The number of anilines is 1. The summed E-state index contributed by atoms with van der Waals surface area (Å²) in [4.78, 5) is 27.7. The van der Waals surface area contributed by atoms with Crippen LogP contribution < -0.4 is 9.62 Å². The van der Waals surface area contributed by atoms with E-state index in [0.29, 0.717) is 16.3 Å². The molecule has 190 valence electrons. The Morgan fingerprint density at radius 3 is 2.28 bits per heavy atom. The molecule has 36 heavy (non-hydrogen) atoms. The van der Waals surface area contributed by atoms with E-state index in [9.17, 15) is 18.0 Å². The molecule has 2 amide bonds. The van der Waals surface area contributed by atoms with E-state index >= 15 is 0 Å². The Morgan fingerprint density at radius 1 is 0.972 bits per heavy atom. The van der Waals surface area contributed by atoms with Crippen molar-refractivity contribution in [3.05, 3.63) is 94.5 Å². The largest absolute Gasteiger partial charge is 0.357 e. The highest BCUT2D eigenvalue weighted by Crippen LogP contribution is 2.29. The molecule has 0 aliphatic heterocycles. The van der Waals surface area contributed by atoms with Crippen LogP contribution in [0.4, 0.5) is 5.69 Å². The molecule has 3 aromatic carbocycles. The molecule has 0 fully saturated rings. The van der Waals surface area contributed by atoms with Crippen LogP contribution in [0.1, 0.15) is 23.6 Å². The van der Waals surface area contributed by atoms with E-state index in [1.165, 1.54) is 24.1 Å². The van der Waals surface area contributed by atoms with Gasteiger partial charge in [-0.15, -0.1) is 0 Å². The Kier molecular flexibility index (Phi) is 8.76. The summed E-state index contributed by atoms with van der Waals surface area (Å²) in [6.45, 7) is 4.95. The van der Waals surface area contributed by atoms with E-state index < -0.39 is 28.5 Å². The first-order chi connectivity index (χ1) is 17.0. The number of nitrogens with one attached hydrogen (secondary N) is 1. The summed E-state index contributed by atoms with van der Waals surface area (Å²) in [6, 6.07) is 19.5. The lowest BCUT2D eigenvalue weighted by atomic mass is 10.1. The molecule has 0 saturated heterocycles. The predicted molar refractivity (Wildman–Crippen MR) is 142 cm³/mol. The van der Waals surface area contributed by atoms with Crippen LogP contribution in [-0.2, 0) is 26.2 Å². The fourth-order valence-corrected chi connectivity index (χ4v) is 5.66. The fraction of sp³-hybridized carbons (Fsp3) is 0.259. The number of hydrogen-bond acceptors (Lipinski definition) is 4. The molecular weight excluding hydrogens is 498 g/mol. The third-order valence-corrected chi connectivity index (χ3v) is 7.90. The van der Waals surface area contributed by atoms with Crippen molar-refractivity contribution in [1.29, 1.82) is 0 Å². The number of sulfonamides is 1. The highest BCUT2D eigenvalue weighted by molar-refractivity contribution is 7.92. The normalized spacial score (nSPS) is 12.0. The first-order valence-electron chi connectivity index (χ1n) is 11.4. The minimum Gasteiger partial charge on any atom is -0.357 e. The molecular formula is C27H30ClN3O4S. The van der Waals surface area contributed by atoms with Crippen molar-refractivity contribution < 1.29 is 18.0 Å². The average Bonchev–Trinajstić information content (AvgIpc) is 2.85. The number of hydrogen-bond donors (Lipinski definition) is 1. The van der Waals surface area contributed by atoms with Crippen molar-refractivity contribution in [2.75, 3.05) is 17.9 Å². The summed E-state index contributed by atoms with van der Waals surface area (Å²) in [5.41, 5.74) is 2.77. The second-order valence-electron chi connectivity index (χ2n) is 8.56. The van der Waals surface area contributed by atoms with Crippen molar-refractivity contribution in [2.24, 2.45) is 0 Å². The van der Waals surface area contributed by atoms with Crippen molar-refractivity contribution in [3.8, 4) is 0 Å². The second kappa shape index (κ2) is 11.6.